The molecule has 92 valence electrons. The van der Waals surface area contributed by atoms with E-state index in [1.807, 2.05) is 0 Å². The molecular weight excluding hydrogens is 223 g/mol. The van der Waals surface area contributed by atoms with E-state index in [9.17, 15) is 14.3 Å². The van der Waals surface area contributed by atoms with E-state index in [2.05, 4.69) is 5.32 Å². The third-order valence-corrected chi connectivity index (χ3v) is 3.17. The second-order valence-corrected chi connectivity index (χ2v) is 4.52. The van der Waals surface area contributed by atoms with Crippen LogP contribution in [0.2, 0.25) is 0 Å². The molecule has 0 saturated heterocycles. The van der Waals surface area contributed by atoms with E-state index in [1.54, 1.807) is 0 Å². The minimum absolute atomic E-state index is 0.0937. The van der Waals surface area contributed by atoms with Gasteiger partial charge in [0.25, 0.3) is 5.91 Å². The highest BCUT2D eigenvalue weighted by atomic mass is 19.1. The summed E-state index contributed by atoms with van der Waals surface area (Å²) in [7, 11) is 0. The van der Waals surface area contributed by atoms with Gasteiger partial charge in [0.05, 0.1) is 12.1 Å². The van der Waals surface area contributed by atoms with Crippen LogP contribution in [-0.4, -0.2) is 23.2 Å². The van der Waals surface area contributed by atoms with Gasteiger partial charge in [-0.2, -0.15) is 0 Å². The summed E-state index contributed by atoms with van der Waals surface area (Å²) < 4.78 is 13.1. The molecule has 0 aromatic heterocycles. The molecule has 0 spiro atoms. The summed E-state index contributed by atoms with van der Waals surface area (Å²) in [5.74, 6) is -0.938. The Labute approximate surface area is 98.6 Å². The Balaban J connectivity index is 2.14. The molecule has 5 heteroatoms. The average Bonchev–Trinajstić information content (AvgIpc) is 2.21. The maximum Gasteiger partial charge on any atom is 0.251 e. The lowest BCUT2D eigenvalue weighted by Gasteiger charge is -2.40. The smallest absolute Gasteiger partial charge is 0.251 e. The van der Waals surface area contributed by atoms with Crippen molar-refractivity contribution in [2.45, 2.75) is 24.8 Å². The molecule has 0 bridgehead atoms. The summed E-state index contributed by atoms with van der Waals surface area (Å²) in [5, 5.41) is 12.0. The molecule has 1 aliphatic carbocycles. The van der Waals surface area contributed by atoms with Gasteiger partial charge in [-0.3, -0.25) is 4.79 Å². The lowest BCUT2D eigenvalue weighted by Crippen LogP contribution is -2.56. The van der Waals surface area contributed by atoms with Crippen LogP contribution >= 0.6 is 0 Å². The van der Waals surface area contributed by atoms with Crippen molar-refractivity contribution in [2.24, 2.45) is 0 Å². The van der Waals surface area contributed by atoms with Crippen LogP contribution < -0.4 is 11.1 Å². The summed E-state index contributed by atoms with van der Waals surface area (Å²) in [5.41, 5.74) is 5.33. The Bertz CT molecular complexity index is 418. The van der Waals surface area contributed by atoms with Crippen molar-refractivity contribution in [3.63, 3.8) is 0 Å². The highest BCUT2D eigenvalue weighted by Gasteiger charge is 2.37. The number of benzene rings is 1. The first kappa shape index (κ1) is 11.9. The van der Waals surface area contributed by atoms with Gasteiger partial charge in [-0.25, -0.2) is 4.39 Å². The monoisotopic (exact) mass is 238 g/mol. The maximum absolute atomic E-state index is 13.1. The van der Waals surface area contributed by atoms with Gasteiger partial charge in [-0.1, -0.05) is 0 Å². The molecule has 17 heavy (non-hydrogen) atoms. The lowest BCUT2D eigenvalue weighted by molar-refractivity contribution is 0.0641. The van der Waals surface area contributed by atoms with E-state index < -0.39 is 17.3 Å². The lowest BCUT2D eigenvalue weighted by atomic mass is 9.77. The molecule has 1 aromatic carbocycles. The third kappa shape index (κ3) is 2.39. The normalized spacial score (nSPS) is 17.3. The molecule has 1 aromatic rings. The van der Waals surface area contributed by atoms with Crippen LogP contribution in [0.1, 0.15) is 29.6 Å². The van der Waals surface area contributed by atoms with Gasteiger partial charge >= 0.3 is 0 Å². The van der Waals surface area contributed by atoms with E-state index in [1.165, 1.54) is 6.07 Å². The molecule has 1 fully saturated rings. The number of aliphatic hydroxyl groups is 1. The first-order valence-corrected chi connectivity index (χ1v) is 5.54. The fourth-order valence-electron chi connectivity index (χ4n) is 1.98. The van der Waals surface area contributed by atoms with Crippen molar-refractivity contribution in [1.29, 1.82) is 0 Å². The summed E-state index contributed by atoms with van der Waals surface area (Å²) in [6, 6.07) is 3.71. The van der Waals surface area contributed by atoms with Gasteiger partial charge in [0.2, 0.25) is 0 Å². The van der Waals surface area contributed by atoms with Gasteiger partial charge in [-0.05, 0) is 37.5 Å². The molecule has 0 unspecified atom stereocenters. The number of halogens is 1. The van der Waals surface area contributed by atoms with Crippen LogP contribution in [0.5, 0.6) is 0 Å². The summed E-state index contributed by atoms with van der Waals surface area (Å²) in [4.78, 5) is 11.9. The molecule has 0 aliphatic heterocycles. The van der Waals surface area contributed by atoms with Gasteiger partial charge in [-0.15, -0.1) is 0 Å². The molecule has 1 amide bonds. The number of amides is 1. The molecule has 2 rings (SSSR count). The van der Waals surface area contributed by atoms with Crippen molar-refractivity contribution >= 4 is 11.6 Å². The number of carbonyl (C=O) groups excluding carboxylic acids is 1. The second kappa shape index (κ2) is 4.33. The highest BCUT2D eigenvalue weighted by Crippen LogP contribution is 2.31. The predicted molar refractivity (Wildman–Crippen MR) is 61.9 cm³/mol. The largest absolute Gasteiger partial charge is 0.399 e. The Morgan fingerprint density at radius 2 is 2.18 bits per heavy atom. The van der Waals surface area contributed by atoms with Crippen LogP contribution in [0, 0.1) is 5.82 Å². The number of nitrogen functional groups attached to an aromatic ring is 1. The van der Waals surface area contributed by atoms with Gasteiger partial charge in [0.15, 0.2) is 0 Å². The molecule has 0 heterocycles. The maximum atomic E-state index is 13.1. The summed E-state index contributed by atoms with van der Waals surface area (Å²) in [6.07, 6.45) is 2.48. The number of rotatable bonds is 3. The van der Waals surface area contributed by atoms with E-state index in [-0.39, 0.29) is 17.9 Å². The van der Waals surface area contributed by atoms with Crippen molar-refractivity contribution in [1.82, 2.24) is 5.32 Å². The number of aliphatic hydroxyl groups excluding tert-OH is 1. The number of anilines is 1. The molecular formula is C12H15FN2O2. The number of hydrogen-bond donors (Lipinski definition) is 3. The highest BCUT2D eigenvalue weighted by molar-refractivity contribution is 5.95. The number of carbonyl (C=O) groups is 1. The van der Waals surface area contributed by atoms with E-state index in [0.29, 0.717) is 0 Å². The quantitative estimate of drug-likeness (QED) is 0.689. The Morgan fingerprint density at radius 3 is 2.65 bits per heavy atom. The number of nitrogens with two attached hydrogens (primary N) is 1. The first-order chi connectivity index (χ1) is 8.04. The van der Waals surface area contributed by atoms with Crippen LogP contribution in [0.15, 0.2) is 18.2 Å². The Kier molecular flexibility index (Phi) is 3.02. The van der Waals surface area contributed by atoms with Crippen molar-refractivity contribution in [3.8, 4) is 0 Å². The molecule has 4 N–H and O–H groups in total. The fraction of sp³-hybridized carbons (Fsp3) is 0.417. The van der Waals surface area contributed by atoms with Crippen LogP contribution in [0.4, 0.5) is 10.1 Å². The zero-order valence-corrected chi connectivity index (χ0v) is 9.37. The predicted octanol–water partition coefficient (Wildman–Crippen LogP) is 1.05. The Morgan fingerprint density at radius 1 is 1.47 bits per heavy atom. The average molecular weight is 238 g/mol. The van der Waals surface area contributed by atoms with E-state index in [4.69, 9.17) is 5.73 Å². The Hall–Kier alpha value is -1.62. The minimum Gasteiger partial charge on any atom is -0.399 e. The number of hydrogen-bond acceptors (Lipinski definition) is 3. The fourth-order valence-corrected chi connectivity index (χ4v) is 1.98. The molecule has 1 saturated carbocycles. The van der Waals surface area contributed by atoms with Gasteiger partial charge in [0, 0.05) is 11.3 Å². The van der Waals surface area contributed by atoms with Crippen molar-refractivity contribution in [2.75, 3.05) is 12.3 Å². The van der Waals surface area contributed by atoms with E-state index in [0.717, 1.165) is 31.4 Å². The SMILES string of the molecule is Nc1cc(F)cc(C(=O)NC2(CO)CCC2)c1. The summed E-state index contributed by atoms with van der Waals surface area (Å²) >= 11 is 0. The van der Waals surface area contributed by atoms with Gasteiger partial charge in [0.1, 0.15) is 5.82 Å². The molecule has 1 aliphatic rings. The molecule has 0 atom stereocenters. The van der Waals surface area contributed by atoms with Crippen LogP contribution in [0.3, 0.4) is 0 Å². The standard InChI is InChI=1S/C12H15FN2O2/c13-9-4-8(5-10(14)6-9)11(17)15-12(7-16)2-1-3-12/h4-6,16H,1-3,7,14H2,(H,15,17). The van der Waals surface area contributed by atoms with E-state index >= 15 is 0 Å². The zero-order valence-electron chi connectivity index (χ0n) is 9.37. The van der Waals surface area contributed by atoms with Crippen molar-refractivity contribution in [3.05, 3.63) is 29.6 Å². The summed E-state index contributed by atoms with van der Waals surface area (Å²) in [6.45, 7) is -0.0937. The topological polar surface area (TPSA) is 75.4 Å². The second-order valence-electron chi connectivity index (χ2n) is 4.52. The molecule has 0 radical (unpaired) electrons. The van der Waals surface area contributed by atoms with Crippen LogP contribution in [-0.2, 0) is 0 Å². The zero-order chi connectivity index (χ0) is 12.5. The van der Waals surface area contributed by atoms with Crippen molar-refractivity contribution < 1.29 is 14.3 Å². The van der Waals surface area contributed by atoms with Gasteiger partial charge < -0.3 is 16.2 Å². The minimum atomic E-state index is -0.540. The molecule has 4 nitrogen and oxygen atoms in total. The number of nitrogens with one attached hydrogen (secondary N) is 1. The first-order valence-electron chi connectivity index (χ1n) is 5.54. The van der Waals surface area contributed by atoms with Crippen LogP contribution in [0.25, 0.3) is 0 Å². The third-order valence-electron chi connectivity index (χ3n) is 3.17.